The zero-order valence-electron chi connectivity index (χ0n) is 13.7. The average molecular weight is 320 g/mol. The smallest absolute Gasteiger partial charge is 0.201 e. The molecule has 1 fully saturated rings. The monoisotopic (exact) mass is 320 g/mol. The molecule has 1 saturated carbocycles. The van der Waals surface area contributed by atoms with Gasteiger partial charge in [0.15, 0.2) is 17.8 Å². The Morgan fingerprint density at radius 3 is 2.70 bits per heavy atom. The maximum atomic E-state index is 11.7. The lowest BCUT2D eigenvalue weighted by molar-refractivity contribution is -0.129. The van der Waals surface area contributed by atoms with E-state index in [2.05, 4.69) is 0 Å². The molecule has 1 aromatic carbocycles. The molecule has 5 heteroatoms. The number of phenols is 1. The van der Waals surface area contributed by atoms with Crippen LogP contribution in [-0.4, -0.2) is 34.0 Å². The molecular formula is C18H24O5. The zero-order chi connectivity index (χ0) is 16.9. The molecule has 126 valence electrons. The molecule has 1 aliphatic heterocycles. The minimum Gasteiger partial charge on any atom is -0.504 e. The van der Waals surface area contributed by atoms with Gasteiger partial charge in [-0.25, -0.2) is 0 Å². The van der Waals surface area contributed by atoms with Crippen LogP contribution in [0.15, 0.2) is 6.07 Å². The van der Waals surface area contributed by atoms with Gasteiger partial charge in [0, 0.05) is 28.0 Å². The molecule has 23 heavy (non-hydrogen) atoms. The Bertz CT molecular complexity index is 639. The van der Waals surface area contributed by atoms with Crippen LogP contribution in [0.25, 0.3) is 0 Å². The lowest BCUT2D eigenvalue weighted by Gasteiger charge is -2.49. The summed E-state index contributed by atoms with van der Waals surface area (Å²) in [6, 6.07) is 1.72. The molecular weight excluding hydrogens is 296 g/mol. The second-order valence-electron chi connectivity index (χ2n) is 7.34. The van der Waals surface area contributed by atoms with Gasteiger partial charge < -0.3 is 20.1 Å². The largest absolute Gasteiger partial charge is 0.504 e. The van der Waals surface area contributed by atoms with Crippen LogP contribution in [-0.2, 0) is 5.41 Å². The molecule has 1 aliphatic carbocycles. The number of aliphatic hydroxyl groups is 2. The molecule has 0 aromatic heterocycles. The molecule has 0 unspecified atom stereocenters. The van der Waals surface area contributed by atoms with Gasteiger partial charge in [-0.3, -0.25) is 4.79 Å². The van der Waals surface area contributed by atoms with Gasteiger partial charge in [-0.2, -0.15) is 0 Å². The number of hydrogen-bond acceptors (Lipinski definition) is 5. The van der Waals surface area contributed by atoms with Gasteiger partial charge in [0.25, 0.3) is 0 Å². The summed E-state index contributed by atoms with van der Waals surface area (Å²) >= 11 is 0. The van der Waals surface area contributed by atoms with E-state index in [1.54, 1.807) is 6.07 Å². The van der Waals surface area contributed by atoms with Gasteiger partial charge in [-0.15, -0.1) is 0 Å². The maximum Gasteiger partial charge on any atom is 0.201 e. The lowest BCUT2D eigenvalue weighted by Crippen LogP contribution is -2.51. The molecule has 0 amide bonds. The number of carbonyl (C=O) groups is 1. The number of aromatic hydroxyl groups is 1. The number of carbonyl (C=O) groups excluding carboxylic acids is 1. The van der Waals surface area contributed by atoms with Gasteiger partial charge in [0.1, 0.15) is 0 Å². The second kappa shape index (κ2) is 5.49. The minimum absolute atomic E-state index is 0.00504. The Morgan fingerprint density at radius 2 is 2.09 bits per heavy atom. The fraction of sp³-hybridized carbons (Fsp3) is 0.611. The first-order valence-electron chi connectivity index (χ1n) is 8.18. The van der Waals surface area contributed by atoms with Gasteiger partial charge in [-0.05, 0) is 31.2 Å². The van der Waals surface area contributed by atoms with E-state index in [-0.39, 0.29) is 23.3 Å². The normalized spacial score (nSPS) is 32.9. The molecule has 4 atom stereocenters. The van der Waals surface area contributed by atoms with E-state index >= 15 is 0 Å². The first-order valence-corrected chi connectivity index (χ1v) is 8.18. The highest BCUT2D eigenvalue weighted by Crippen LogP contribution is 2.56. The van der Waals surface area contributed by atoms with E-state index in [9.17, 15) is 20.1 Å². The highest BCUT2D eigenvalue weighted by atomic mass is 16.6. The molecule has 5 nitrogen and oxygen atoms in total. The van der Waals surface area contributed by atoms with Crippen molar-refractivity contribution in [3.63, 3.8) is 0 Å². The topological polar surface area (TPSA) is 87.0 Å². The highest BCUT2D eigenvalue weighted by molar-refractivity contribution is 5.82. The Labute approximate surface area is 135 Å². The minimum atomic E-state index is -1.10. The molecule has 0 saturated heterocycles. The fourth-order valence-corrected chi connectivity index (χ4v) is 4.19. The predicted molar refractivity (Wildman–Crippen MR) is 84.9 cm³/mol. The number of benzene rings is 1. The van der Waals surface area contributed by atoms with Crippen LogP contribution in [0.2, 0.25) is 0 Å². The van der Waals surface area contributed by atoms with Crippen LogP contribution < -0.4 is 4.74 Å². The Balaban J connectivity index is 2.25. The number of fused-ring (bicyclic) bond motifs is 3. The van der Waals surface area contributed by atoms with Crippen LogP contribution in [0.5, 0.6) is 11.5 Å². The van der Waals surface area contributed by atoms with Gasteiger partial charge >= 0.3 is 0 Å². The van der Waals surface area contributed by atoms with E-state index in [0.717, 1.165) is 6.29 Å². The number of aliphatic hydroxyl groups excluding tert-OH is 2. The summed E-state index contributed by atoms with van der Waals surface area (Å²) in [6.07, 6.45) is 0.865. The zero-order valence-corrected chi connectivity index (χ0v) is 13.7. The highest BCUT2D eigenvalue weighted by Gasteiger charge is 2.51. The molecule has 3 N–H and O–H groups in total. The van der Waals surface area contributed by atoms with E-state index in [4.69, 9.17) is 4.74 Å². The van der Waals surface area contributed by atoms with Crippen LogP contribution in [0.4, 0.5) is 0 Å². The molecule has 3 rings (SSSR count). The van der Waals surface area contributed by atoms with Gasteiger partial charge in [0.2, 0.25) is 6.29 Å². The number of rotatable bonds is 2. The molecule has 2 aliphatic rings. The summed E-state index contributed by atoms with van der Waals surface area (Å²) in [4.78, 5) is 11.7. The third-order valence-corrected chi connectivity index (χ3v) is 5.56. The Morgan fingerprint density at radius 1 is 1.39 bits per heavy atom. The van der Waals surface area contributed by atoms with Crippen molar-refractivity contribution < 1.29 is 24.9 Å². The van der Waals surface area contributed by atoms with Crippen molar-refractivity contribution in [3.8, 4) is 11.5 Å². The van der Waals surface area contributed by atoms with Crippen molar-refractivity contribution in [2.45, 2.75) is 63.8 Å². The SMILES string of the molecule is CC(C)c1cc(C=O)c2c(c1O)O[C@@H](O)[C@H]1C[C@@H](O)CC[C@]21C. The summed E-state index contributed by atoms with van der Waals surface area (Å²) in [5, 5.41) is 31.0. The van der Waals surface area contributed by atoms with E-state index in [1.165, 1.54) is 0 Å². The van der Waals surface area contributed by atoms with Crippen molar-refractivity contribution >= 4 is 6.29 Å². The number of aldehydes is 1. The van der Waals surface area contributed by atoms with Crippen LogP contribution in [0.3, 0.4) is 0 Å². The average Bonchev–Trinajstić information content (AvgIpc) is 2.50. The van der Waals surface area contributed by atoms with Crippen LogP contribution in [0.1, 0.15) is 67.4 Å². The molecule has 0 radical (unpaired) electrons. The first-order chi connectivity index (χ1) is 10.8. The second-order valence-corrected chi connectivity index (χ2v) is 7.34. The summed E-state index contributed by atoms with van der Waals surface area (Å²) in [6.45, 7) is 5.84. The van der Waals surface area contributed by atoms with Crippen molar-refractivity contribution in [1.29, 1.82) is 0 Å². The van der Waals surface area contributed by atoms with Crippen molar-refractivity contribution in [3.05, 3.63) is 22.8 Å². The maximum absolute atomic E-state index is 11.7. The third kappa shape index (κ3) is 2.34. The summed E-state index contributed by atoms with van der Waals surface area (Å²) < 4.78 is 5.61. The Hall–Kier alpha value is -1.59. The number of hydrogen-bond donors (Lipinski definition) is 3. The van der Waals surface area contributed by atoms with Gasteiger partial charge in [-0.1, -0.05) is 20.8 Å². The lowest BCUT2D eigenvalue weighted by atomic mass is 9.60. The first kappa shape index (κ1) is 16.3. The summed E-state index contributed by atoms with van der Waals surface area (Å²) in [5.41, 5.74) is 1.29. The fourth-order valence-electron chi connectivity index (χ4n) is 4.19. The van der Waals surface area contributed by atoms with Crippen molar-refractivity contribution in [1.82, 2.24) is 0 Å². The van der Waals surface area contributed by atoms with Crippen molar-refractivity contribution in [2.24, 2.45) is 5.92 Å². The molecule has 0 spiro atoms. The van der Waals surface area contributed by atoms with Crippen LogP contribution in [0, 0.1) is 5.92 Å². The van der Waals surface area contributed by atoms with E-state index in [1.807, 2.05) is 20.8 Å². The number of phenolic OH excluding ortho intramolecular Hbond substituents is 1. The van der Waals surface area contributed by atoms with Crippen molar-refractivity contribution in [2.75, 3.05) is 0 Å². The number of ether oxygens (including phenoxy) is 1. The standard InChI is InChI=1S/C18H24O5/c1-9(2)12-6-10(8-19)14-16(15(12)21)23-17(22)13-7-11(20)4-5-18(13,14)3/h6,8-9,11,13,17,20-22H,4-5,7H2,1-3H3/t11-,13+,17+,18-/m0/s1. The molecule has 1 aromatic rings. The molecule has 1 heterocycles. The third-order valence-electron chi connectivity index (χ3n) is 5.56. The van der Waals surface area contributed by atoms with E-state index < -0.39 is 17.8 Å². The summed E-state index contributed by atoms with van der Waals surface area (Å²) in [5.74, 6) is -0.0495. The Kier molecular flexibility index (Phi) is 3.89. The van der Waals surface area contributed by atoms with Gasteiger partial charge in [0.05, 0.1) is 6.10 Å². The van der Waals surface area contributed by atoms with E-state index in [0.29, 0.717) is 36.0 Å². The molecule has 0 bridgehead atoms. The quantitative estimate of drug-likeness (QED) is 0.729. The predicted octanol–water partition coefficient (Wildman–Crippen LogP) is 2.46. The summed E-state index contributed by atoms with van der Waals surface area (Å²) in [7, 11) is 0. The van der Waals surface area contributed by atoms with Crippen LogP contribution >= 0.6 is 0 Å².